The van der Waals surface area contributed by atoms with Gasteiger partial charge in [0.2, 0.25) is 5.91 Å². The first-order chi connectivity index (χ1) is 39.6. The zero-order valence-corrected chi connectivity index (χ0v) is 51.8. The van der Waals surface area contributed by atoms with E-state index in [0.29, 0.717) is 12.8 Å². The standard InChI is InChI=1S/C67H127NO13/c1-3-5-7-9-11-13-15-17-19-21-23-25-27-29-30-32-34-36-38-40-42-44-46-48-50-56(71)55(54-78-66-64(77)62(75)65(58(53-70)80-66)81-67-63(76)61(74)60(73)57(52-69)79-67)68-59(72)51-49-47-45-43-41-39-37-35-33-31-28-26-24-22-20-18-16-14-12-10-8-6-4-2/h16,18,22,24,55-58,60-67,69-71,73-77H,3-15,17,19-21,23,25-54H2,1-2H3,(H,68,72)/b18-16-,24-22-. The van der Waals surface area contributed by atoms with E-state index in [1.807, 2.05) is 0 Å². The number of unbranched alkanes of at least 4 members (excludes halogenated alkanes) is 39. The number of carbonyl (C=O) groups is 1. The van der Waals surface area contributed by atoms with Crippen LogP contribution in [0.2, 0.25) is 0 Å². The molecule has 0 aromatic carbocycles. The average Bonchev–Trinajstić information content (AvgIpc) is 3.47. The highest BCUT2D eigenvalue weighted by molar-refractivity contribution is 5.76. The third-order valence-electron chi connectivity index (χ3n) is 16.9. The molecule has 2 aliphatic heterocycles. The van der Waals surface area contributed by atoms with Crippen LogP contribution in [0.15, 0.2) is 24.3 Å². The summed E-state index contributed by atoms with van der Waals surface area (Å²) in [6.07, 6.45) is 47.5. The quantitative estimate of drug-likeness (QED) is 0.0204. The number of aliphatic hydroxyl groups is 8. The van der Waals surface area contributed by atoms with Crippen LogP contribution in [-0.2, 0) is 23.7 Å². The normalized spacial score (nSPS) is 24.2. The summed E-state index contributed by atoms with van der Waals surface area (Å²) < 4.78 is 22.9. The van der Waals surface area contributed by atoms with Crippen LogP contribution in [0.25, 0.3) is 0 Å². The third-order valence-corrected chi connectivity index (χ3v) is 16.9. The monoisotopic (exact) mass is 1150 g/mol. The molecule has 2 saturated heterocycles. The number of allylic oxidation sites excluding steroid dienone is 4. The molecule has 2 heterocycles. The van der Waals surface area contributed by atoms with E-state index in [1.54, 1.807) is 0 Å². The van der Waals surface area contributed by atoms with Crippen LogP contribution in [0.5, 0.6) is 0 Å². The van der Waals surface area contributed by atoms with Gasteiger partial charge in [0.15, 0.2) is 12.6 Å². The number of ether oxygens (including phenoxy) is 4. The lowest BCUT2D eigenvalue weighted by molar-refractivity contribution is -0.359. The van der Waals surface area contributed by atoms with Crippen molar-refractivity contribution in [3.8, 4) is 0 Å². The SMILES string of the molecule is CCCCCCC/C=C\C/C=C\CCCCCCCCCCCCCC(=O)NC(COC1OC(CO)C(OC2OC(CO)C(O)C(O)C2O)C(O)C1O)C(O)CCCCCCCCCCCCCCCCCCCCCCCCCC. The van der Waals surface area contributed by atoms with Crippen molar-refractivity contribution in [1.29, 1.82) is 0 Å². The van der Waals surface area contributed by atoms with Crippen LogP contribution >= 0.6 is 0 Å². The Kier molecular flexibility index (Phi) is 49.2. The molecule has 9 N–H and O–H groups in total. The predicted molar refractivity (Wildman–Crippen MR) is 328 cm³/mol. The second-order valence-electron chi connectivity index (χ2n) is 24.3. The zero-order valence-electron chi connectivity index (χ0n) is 51.8. The van der Waals surface area contributed by atoms with E-state index in [2.05, 4.69) is 43.5 Å². The first kappa shape index (κ1) is 75.6. The van der Waals surface area contributed by atoms with Crippen molar-refractivity contribution in [1.82, 2.24) is 5.32 Å². The largest absolute Gasteiger partial charge is 0.394 e. The number of hydrogen-bond acceptors (Lipinski definition) is 13. The first-order valence-electron chi connectivity index (χ1n) is 34.1. The maximum Gasteiger partial charge on any atom is 0.220 e. The molecule has 2 aliphatic rings. The Balaban J connectivity index is 1.69. The molecule has 0 aliphatic carbocycles. The topological polar surface area (TPSA) is 228 Å². The molecule has 2 rings (SSSR count). The average molecular weight is 1150 g/mol. The molecule has 12 atom stereocenters. The molecule has 81 heavy (non-hydrogen) atoms. The number of nitrogens with one attached hydrogen (secondary N) is 1. The van der Waals surface area contributed by atoms with Gasteiger partial charge in [0.05, 0.1) is 32.0 Å². The zero-order chi connectivity index (χ0) is 58.8. The minimum absolute atomic E-state index is 0.204. The Labute approximate surface area is 494 Å². The maximum atomic E-state index is 13.3. The summed E-state index contributed by atoms with van der Waals surface area (Å²) in [4.78, 5) is 13.3. The highest BCUT2D eigenvalue weighted by Gasteiger charge is 2.51. The number of hydrogen-bond donors (Lipinski definition) is 9. The first-order valence-corrected chi connectivity index (χ1v) is 34.1. The van der Waals surface area contributed by atoms with E-state index in [0.717, 1.165) is 57.8 Å². The van der Waals surface area contributed by atoms with E-state index in [-0.39, 0.29) is 12.5 Å². The van der Waals surface area contributed by atoms with Crippen molar-refractivity contribution in [2.45, 2.75) is 376 Å². The molecule has 1 amide bonds. The molecule has 12 unspecified atom stereocenters. The highest BCUT2D eigenvalue weighted by Crippen LogP contribution is 2.30. The van der Waals surface area contributed by atoms with Gasteiger partial charge in [-0.05, 0) is 44.9 Å². The second kappa shape index (κ2) is 52.8. The summed E-state index contributed by atoms with van der Waals surface area (Å²) in [5.41, 5.74) is 0. The minimum Gasteiger partial charge on any atom is -0.394 e. The lowest BCUT2D eigenvalue weighted by Gasteiger charge is -2.46. The van der Waals surface area contributed by atoms with Crippen molar-refractivity contribution < 1.29 is 64.6 Å². The van der Waals surface area contributed by atoms with Gasteiger partial charge in [-0.2, -0.15) is 0 Å². The van der Waals surface area contributed by atoms with Gasteiger partial charge in [-0.1, -0.05) is 276 Å². The van der Waals surface area contributed by atoms with Crippen molar-refractivity contribution in [3.05, 3.63) is 24.3 Å². The third kappa shape index (κ3) is 37.6. The summed E-state index contributed by atoms with van der Waals surface area (Å²) >= 11 is 0. The van der Waals surface area contributed by atoms with Crippen LogP contribution in [-0.4, -0.2) is 140 Å². The Hall–Kier alpha value is -1.53. The number of amides is 1. The van der Waals surface area contributed by atoms with E-state index in [4.69, 9.17) is 18.9 Å². The van der Waals surface area contributed by atoms with E-state index in [1.165, 1.54) is 218 Å². The number of rotatable bonds is 56. The van der Waals surface area contributed by atoms with Gasteiger partial charge in [-0.25, -0.2) is 0 Å². The van der Waals surface area contributed by atoms with Crippen LogP contribution < -0.4 is 5.32 Å². The van der Waals surface area contributed by atoms with E-state index in [9.17, 15) is 45.6 Å². The summed E-state index contributed by atoms with van der Waals surface area (Å²) in [6.45, 7) is 2.90. The van der Waals surface area contributed by atoms with Crippen LogP contribution in [0.1, 0.15) is 303 Å². The maximum absolute atomic E-state index is 13.3. The summed E-state index contributed by atoms with van der Waals surface area (Å²) in [6, 6.07) is -0.830. The van der Waals surface area contributed by atoms with Crippen molar-refractivity contribution in [2.75, 3.05) is 19.8 Å². The molecule has 14 nitrogen and oxygen atoms in total. The molecule has 2 fully saturated rings. The molecule has 0 aromatic heterocycles. The van der Waals surface area contributed by atoms with Gasteiger partial charge in [0.1, 0.15) is 48.8 Å². The predicted octanol–water partition coefficient (Wildman–Crippen LogP) is 13.2. The van der Waals surface area contributed by atoms with Crippen LogP contribution in [0.4, 0.5) is 0 Å². The van der Waals surface area contributed by atoms with Crippen molar-refractivity contribution in [3.63, 3.8) is 0 Å². The molecule has 0 radical (unpaired) electrons. The summed E-state index contributed by atoms with van der Waals surface area (Å²) in [7, 11) is 0. The van der Waals surface area contributed by atoms with E-state index >= 15 is 0 Å². The van der Waals surface area contributed by atoms with Crippen molar-refractivity contribution in [2.24, 2.45) is 0 Å². The van der Waals surface area contributed by atoms with Gasteiger partial charge in [-0.15, -0.1) is 0 Å². The summed E-state index contributed by atoms with van der Waals surface area (Å²) in [5.74, 6) is -0.204. The fourth-order valence-corrected chi connectivity index (χ4v) is 11.4. The number of carbonyl (C=O) groups excluding carboxylic acids is 1. The molecule has 0 aromatic rings. The molecule has 0 spiro atoms. The molecule has 478 valence electrons. The lowest BCUT2D eigenvalue weighted by Crippen LogP contribution is -2.65. The Morgan fingerprint density at radius 3 is 1.23 bits per heavy atom. The van der Waals surface area contributed by atoms with E-state index < -0.39 is 86.8 Å². The van der Waals surface area contributed by atoms with Gasteiger partial charge in [0.25, 0.3) is 0 Å². The molecule has 0 saturated carbocycles. The summed E-state index contributed by atoms with van der Waals surface area (Å²) in [5, 5.41) is 87.6. The Morgan fingerprint density at radius 2 is 0.815 bits per heavy atom. The van der Waals surface area contributed by atoms with Gasteiger partial charge in [0, 0.05) is 6.42 Å². The fraction of sp³-hybridized carbons (Fsp3) is 0.925. The molecular weight excluding hydrogens is 1030 g/mol. The Morgan fingerprint density at radius 1 is 0.444 bits per heavy atom. The lowest BCUT2D eigenvalue weighted by atomic mass is 9.97. The van der Waals surface area contributed by atoms with Crippen LogP contribution in [0.3, 0.4) is 0 Å². The Bertz CT molecular complexity index is 1450. The van der Waals surface area contributed by atoms with Gasteiger partial charge < -0.3 is 65.1 Å². The highest BCUT2D eigenvalue weighted by atomic mass is 16.7. The fourth-order valence-electron chi connectivity index (χ4n) is 11.4. The minimum atomic E-state index is -1.78. The second-order valence-corrected chi connectivity index (χ2v) is 24.3. The van der Waals surface area contributed by atoms with Gasteiger partial charge in [-0.3, -0.25) is 4.79 Å². The molecule has 0 bridgehead atoms. The van der Waals surface area contributed by atoms with Crippen molar-refractivity contribution >= 4 is 5.91 Å². The molecular formula is C67H127NO13. The molecule has 14 heteroatoms. The number of aliphatic hydroxyl groups excluding tert-OH is 8. The van der Waals surface area contributed by atoms with Gasteiger partial charge >= 0.3 is 0 Å². The smallest absolute Gasteiger partial charge is 0.220 e. The van der Waals surface area contributed by atoms with Crippen LogP contribution in [0, 0.1) is 0 Å².